The van der Waals surface area contributed by atoms with Gasteiger partial charge in [-0.05, 0) is 12.8 Å². The van der Waals surface area contributed by atoms with Crippen molar-refractivity contribution >= 4 is 15.7 Å². The van der Waals surface area contributed by atoms with E-state index in [1.807, 2.05) is 6.92 Å². The van der Waals surface area contributed by atoms with Crippen molar-refractivity contribution in [2.75, 3.05) is 25.4 Å². The first-order valence-electron chi connectivity index (χ1n) is 5.75. The van der Waals surface area contributed by atoms with Gasteiger partial charge in [-0.3, -0.25) is 4.79 Å². The number of hydrogen-bond acceptors (Lipinski definition) is 4. The summed E-state index contributed by atoms with van der Waals surface area (Å²) in [6, 6.07) is 0. The van der Waals surface area contributed by atoms with Gasteiger partial charge < -0.3 is 10.2 Å². The van der Waals surface area contributed by atoms with Crippen LogP contribution in [0.3, 0.4) is 0 Å². The van der Waals surface area contributed by atoms with Gasteiger partial charge in [0.1, 0.15) is 5.37 Å². The zero-order valence-electron chi connectivity index (χ0n) is 9.48. The van der Waals surface area contributed by atoms with Gasteiger partial charge >= 0.3 is 0 Å². The van der Waals surface area contributed by atoms with E-state index in [2.05, 4.69) is 5.32 Å². The highest BCUT2D eigenvalue weighted by Gasteiger charge is 2.39. The molecule has 6 heteroatoms. The maximum Gasteiger partial charge on any atom is 0.227 e. The van der Waals surface area contributed by atoms with Crippen LogP contribution in [0.4, 0.5) is 0 Å². The minimum atomic E-state index is -3.08. The molecule has 2 unspecified atom stereocenters. The van der Waals surface area contributed by atoms with Crippen molar-refractivity contribution in [3.63, 3.8) is 0 Å². The fourth-order valence-corrected chi connectivity index (χ4v) is 4.37. The number of nitrogens with one attached hydrogen (secondary N) is 1. The summed E-state index contributed by atoms with van der Waals surface area (Å²) >= 11 is 0. The standard InChI is InChI=1S/C10H18N2O3S/c1-8-7-11-4-5-12(10(8)13)9-3-2-6-16(9,14)15/h8-9,11H,2-7H2,1H3. The van der Waals surface area contributed by atoms with Gasteiger partial charge in [-0.25, -0.2) is 8.42 Å². The molecule has 0 bridgehead atoms. The second-order valence-corrected chi connectivity index (χ2v) is 6.88. The van der Waals surface area contributed by atoms with E-state index in [4.69, 9.17) is 0 Å². The molecule has 0 aromatic carbocycles. The lowest BCUT2D eigenvalue weighted by atomic mass is 10.1. The normalized spacial score (nSPS) is 35.1. The largest absolute Gasteiger partial charge is 0.324 e. The van der Waals surface area contributed by atoms with E-state index in [0.717, 1.165) is 0 Å². The van der Waals surface area contributed by atoms with Crippen LogP contribution >= 0.6 is 0 Å². The molecule has 92 valence electrons. The lowest BCUT2D eigenvalue weighted by Crippen LogP contribution is -2.45. The number of carbonyl (C=O) groups excluding carboxylic acids is 1. The van der Waals surface area contributed by atoms with Gasteiger partial charge in [-0.15, -0.1) is 0 Å². The average Bonchev–Trinajstić information content (AvgIpc) is 2.48. The zero-order chi connectivity index (χ0) is 11.8. The second kappa shape index (κ2) is 4.33. The van der Waals surface area contributed by atoms with Crippen LogP contribution in [-0.2, 0) is 14.6 Å². The smallest absolute Gasteiger partial charge is 0.227 e. The maximum atomic E-state index is 12.0. The molecule has 2 aliphatic heterocycles. The number of hydrogen-bond donors (Lipinski definition) is 1. The number of amides is 1. The molecule has 2 rings (SSSR count). The first-order chi connectivity index (χ1) is 7.52. The molecule has 16 heavy (non-hydrogen) atoms. The van der Waals surface area contributed by atoms with Gasteiger partial charge in [0, 0.05) is 25.6 Å². The Bertz CT molecular complexity index is 380. The Morgan fingerprint density at radius 1 is 1.44 bits per heavy atom. The third-order valence-corrected chi connectivity index (χ3v) is 5.50. The van der Waals surface area contributed by atoms with Crippen LogP contribution in [0.15, 0.2) is 0 Å². The molecule has 0 saturated carbocycles. The number of nitrogens with zero attached hydrogens (tertiary/aromatic N) is 1. The summed E-state index contributed by atoms with van der Waals surface area (Å²) in [4.78, 5) is 13.6. The summed E-state index contributed by atoms with van der Waals surface area (Å²) < 4.78 is 23.6. The molecule has 2 atom stereocenters. The van der Waals surface area contributed by atoms with Gasteiger partial charge in [0.05, 0.1) is 5.75 Å². The van der Waals surface area contributed by atoms with Crippen LogP contribution in [0.25, 0.3) is 0 Å². The van der Waals surface area contributed by atoms with Crippen LogP contribution < -0.4 is 5.32 Å². The molecule has 2 saturated heterocycles. The second-order valence-electron chi connectivity index (χ2n) is 4.60. The van der Waals surface area contributed by atoms with Crippen LogP contribution in [-0.4, -0.2) is 50.0 Å². The van der Waals surface area contributed by atoms with E-state index in [0.29, 0.717) is 32.5 Å². The lowest BCUT2D eigenvalue weighted by Gasteiger charge is -2.27. The van der Waals surface area contributed by atoms with Gasteiger partial charge in [0.15, 0.2) is 9.84 Å². The first-order valence-corrected chi connectivity index (χ1v) is 7.46. The molecule has 0 radical (unpaired) electrons. The minimum Gasteiger partial charge on any atom is -0.324 e. The Balaban J connectivity index is 2.21. The molecular formula is C10H18N2O3S. The predicted molar refractivity (Wildman–Crippen MR) is 60.6 cm³/mol. The van der Waals surface area contributed by atoms with Crippen LogP contribution in [0.5, 0.6) is 0 Å². The molecule has 0 aromatic heterocycles. The quantitative estimate of drug-likeness (QED) is 0.683. The van der Waals surface area contributed by atoms with Crippen LogP contribution in [0.2, 0.25) is 0 Å². The zero-order valence-corrected chi connectivity index (χ0v) is 10.3. The molecule has 5 nitrogen and oxygen atoms in total. The highest BCUT2D eigenvalue weighted by Crippen LogP contribution is 2.25. The summed E-state index contributed by atoms with van der Waals surface area (Å²) in [7, 11) is -3.08. The summed E-state index contributed by atoms with van der Waals surface area (Å²) in [5.41, 5.74) is 0. The van der Waals surface area contributed by atoms with Crippen molar-refractivity contribution in [2.24, 2.45) is 5.92 Å². The third-order valence-electron chi connectivity index (χ3n) is 3.33. The third kappa shape index (κ3) is 2.08. The molecule has 0 spiro atoms. The Morgan fingerprint density at radius 2 is 2.19 bits per heavy atom. The molecule has 0 aromatic rings. The van der Waals surface area contributed by atoms with Crippen LogP contribution in [0.1, 0.15) is 19.8 Å². The van der Waals surface area contributed by atoms with Gasteiger partial charge in [-0.1, -0.05) is 6.92 Å². The summed E-state index contributed by atoms with van der Waals surface area (Å²) in [6.45, 7) is 3.67. The number of carbonyl (C=O) groups is 1. The van der Waals surface area contributed by atoms with E-state index in [1.54, 1.807) is 4.90 Å². The summed E-state index contributed by atoms with van der Waals surface area (Å²) in [5, 5.41) is 2.58. The van der Waals surface area contributed by atoms with E-state index in [9.17, 15) is 13.2 Å². The summed E-state index contributed by atoms with van der Waals surface area (Å²) in [5.74, 6) is 0.0715. The Hall–Kier alpha value is -0.620. The number of rotatable bonds is 1. The van der Waals surface area contributed by atoms with Crippen LogP contribution in [0, 0.1) is 5.92 Å². The van der Waals surface area contributed by atoms with Crippen molar-refractivity contribution in [3.8, 4) is 0 Å². The van der Waals surface area contributed by atoms with E-state index >= 15 is 0 Å². The molecule has 1 amide bonds. The fourth-order valence-electron chi connectivity index (χ4n) is 2.41. The minimum absolute atomic E-state index is 0.0273. The average molecular weight is 246 g/mol. The van der Waals surface area contributed by atoms with Crippen molar-refractivity contribution in [1.29, 1.82) is 0 Å². The Morgan fingerprint density at radius 3 is 2.81 bits per heavy atom. The first kappa shape index (κ1) is 11.9. The molecule has 0 aliphatic carbocycles. The van der Waals surface area contributed by atoms with Gasteiger partial charge in [0.2, 0.25) is 5.91 Å². The SMILES string of the molecule is CC1CNCCN(C2CCCS2(=O)=O)C1=O. The van der Waals surface area contributed by atoms with Crippen molar-refractivity contribution in [2.45, 2.75) is 25.1 Å². The predicted octanol–water partition coefficient (Wildman–Crippen LogP) is -0.411. The highest BCUT2D eigenvalue weighted by molar-refractivity contribution is 7.92. The van der Waals surface area contributed by atoms with Crippen molar-refractivity contribution < 1.29 is 13.2 Å². The van der Waals surface area contributed by atoms with Crippen molar-refractivity contribution in [1.82, 2.24) is 10.2 Å². The van der Waals surface area contributed by atoms with E-state index < -0.39 is 15.2 Å². The van der Waals surface area contributed by atoms with Gasteiger partial charge in [0.25, 0.3) is 0 Å². The van der Waals surface area contributed by atoms with E-state index in [-0.39, 0.29) is 17.6 Å². The lowest BCUT2D eigenvalue weighted by molar-refractivity contribution is -0.134. The monoisotopic (exact) mass is 246 g/mol. The Labute approximate surface area is 96.1 Å². The molecule has 1 N–H and O–H groups in total. The molecule has 2 aliphatic rings. The number of sulfone groups is 1. The highest BCUT2D eigenvalue weighted by atomic mass is 32.2. The Kier molecular flexibility index (Phi) is 3.21. The van der Waals surface area contributed by atoms with Gasteiger partial charge in [-0.2, -0.15) is 0 Å². The molecule has 2 fully saturated rings. The molecule has 2 heterocycles. The maximum absolute atomic E-state index is 12.0. The van der Waals surface area contributed by atoms with E-state index in [1.165, 1.54) is 0 Å². The van der Waals surface area contributed by atoms with Crippen molar-refractivity contribution in [3.05, 3.63) is 0 Å². The fraction of sp³-hybridized carbons (Fsp3) is 0.900. The topological polar surface area (TPSA) is 66.5 Å². The summed E-state index contributed by atoms with van der Waals surface area (Å²) in [6.07, 6.45) is 1.28. The molecular weight excluding hydrogens is 228 g/mol.